The van der Waals surface area contributed by atoms with E-state index in [0.717, 1.165) is 58.2 Å². The van der Waals surface area contributed by atoms with Gasteiger partial charge in [0.25, 0.3) is 0 Å². The minimum absolute atomic E-state index is 0. The molecule has 30 heavy (non-hydrogen) atoms. The number of likely N-dealkylation sites (tertiary alicyclic amines) is 2. The van der Waals surface area contributed by atoms with Gasteiger partial charge in [-0.1, -0.05) is 0 Å². The molecule has 3 aliphatic rings. The molecule has 1 aliphatic carbocycles. The standard InChI is InChI=1S/C21H38N2O5.2ClH/c1-3-26-20(24)17-8-10-18(11-9-17)28-21(22-12-4-5-13-22)23-14-6-7-19(23)27-16-15-25-2;;/h17-19,21H,3-16H2,1-2H3;2*1H/t17-,18-,19-,21?;;/m0../s1. The Morgan fingerprint density at radius 2 is 1.67 bits per heavy atom. The highest BCUT2D eigenvalue weighted by molar-refractivity contribution is 5.85. The molecule has 2 aliphatic heterocycles. The van der Waals surface area contributed by atoms with Crippen LogP contribution in [-0.4, -0.2) is 81.0 Å². The predicted octanol–water partition coefficient (Wildman–Crippen LogP) is 3.43. The maximum absolute atomic E-state index is 12.0. The summed E-state index contributed by atoms with van der Waals surface area (Å²) in [6, 6.07) is 0. The maximum atomic E-state index is 12.0. The van der Waals surface area contributed by atoms with E-state index in [9.17, 15) is 4.79 Å². The van der Waals surface area contributed by atoms with Gasteiger partial charge >= 0.3 is 5.97 Å². The third kappa shape index (κ3) is 7.76. The highest BCUT2D eigenvalue weighted by atomic mass is 35.5. The quantitative estimate of drug-likeness (QED) is 0.357. The van der Waals surface area contributed by atoms with Crippen LogP contribution in [0.4, 0.5) is 0 Å². The first-order chi connectivity index (χ1) is 13.7. The second-order valence-electron chi connectivity index (χ2n) is 8.13. The normalized spacial score (nSPS) is 28.5. The Morgan fingerprint density at radius 1 is 0.967 bits per heavy atom. The Balaban J connectivity index is 0.00000225. The Bertz CT molecular complexity index is 474. The summed E-state index contributed by atoms with van der Waals surface area (Å²) in [5.74, 6) is 0.00476. The highest BCUT2D eigenvalue weighted by Crippen LogP contribution is 2.32. The van der Waals surface area contributed by atoms with Crippen molar-refractivity contribution in [2.75, 3.05) is 46.6 Å². The first-order valence-electron chi connectivity index (χ1n) is 11.1. The van der Waals surface area contributed by atoms with Crippen LogP contribution in [0.1, 0.15) is 58.3 Å². The van der Waals surface area contributed by atoms with E-state index < -0.39 is 0 Å². The Morgan fingerprint density at radius 3 is 2.30 bits per heavy atom. The zero-order valence-corrected chi connectivity index (χ0v) is 20.1. The fourth-order valence-corrected chi connectivity index (χ4v) is 4.66. The number of ether oxygens (including phenoxy) is 4. The van der Waals surface area contributed by atoms with Crippen molar-refractivity contribution in [3.05, 3.63) is 0 Å². The lowest BCUT2D eigenvalue weighted by Crippen LogP contribution is -2.53. The number of carbonyl (C=O) groups excluding carboxylic acids is 1. The molecule has 3 fully saturated rings. The first-order valence-corrected chi connectivity index (χ1v) is 11.1. The Kier molecular flexibility index (Phi) is 13.8. The summed E-state index contributed by atoms with van der Waals surface area (Å²) in [6.07, 6.45) is 8.54. The van der Waals surface area contributed by atoms with E-state index in [-0.39, 0.29) is 55.4 Å². The lowest BCUT2D eigenvalue weighted by atomic mass is 9.87. The van der Waals surface area contributed by atoms with Crippen LogP contribution in [0.3, 0.4) is 0 Å². The smallest absolute Gasteiger partial charge is 0.308 e. The molecule has 1 saturated carbocycles. The van der Waals surface area contributed by atoms with Crippen LogP contribution >= 0.6 is 24.8 Å². The summed E-state index contributed by atoms with van der Waals surface area (Å²) in [7, 11) is 1.71. The van der Waals surface area contributed by atoms with Gasteiger partial charge in [0.2, 0.25) is 0 Å². The average molecular weight is 471 g/mol. The molecule has 1 unspecified atom stereocenters. The minimum Gasteiger partial charge on any atom is -0.466 e. The van der Waals surface area contributed by atoms with E-state index in [0.29, 0.717) is 19.8 Å². The fourth-order valence-electron chi connectivity index (χ4n) is 4.66. The lowest BCUT2D eigenvalue weighted by Gasteiger charge is -2.41. The average Bonchev–Trinajstić information content (AvgIpc) is 3.39. The van der Waals surface area contributed by atoms with Crippen molar-refractivity contribution in [3.8, 4) is 0 Å². The molecule has 0 aromatic heterocycles. The third-order valence-electron chi connectivity index (χ3n) is 6.18. The Labute approximate surface area is 193 Å². The lowest BCUT2D eigenvalue weighted by molar-refractivity contribution is -0.219. The maximum Gasteiger partial charge on any atom is 0.308 e. The molecule has 2 heterocycles. The van der Waals surface area contributed by atoms with Crippen molar-refractivity contribution in [2.45, 2.75) is 77.0 Å². The van der Waals surface area contributed by atoms with Crippen molar-refractivity contribution < 1.29 is 23.7 Å². The number of nitrogens with zero attached hydrogens (tertiary/aromatic N) is 2. The van der Waals surface area contributed by atoms with Crippen LogP contribution in [0.25, 0.3) is 0 Å². The van der Waals surface area contributed by atoms with Gasteiger partial charge in [-0.15, -0.1) is 24.8 Å². The molecular weight excluding hydrogens is 431 g/mol. The first kappa shape index (κ1) is 27.9. The second kappa shape index (κ2) is 14.8. The largest absolute Gasteiger partial charge is 0.466 e. The van der Waals surface area contributed by atoms with Crippen LogP contribution in [-0.2, 0) is 23.7 Å². The van der Waals surface area contributed by atoms with E-state index in [1.54, 1.807) is 7.11 Å². The molecule has 9 heteroatoms. The van der Waals surface area contributed by atoms with E-state index in [2.05, 4.69) is 9.80 Å². The summed E-state index contributed by atoms with van der Waals surface area (Å²) in [5, 5.41) is 0. The zero-order chi connectivity index (χ0) is 19.8. The van der Waals surface area contributed by atoms with Gasteiger partial charge in [0.05, 0.1) is 31.8 Å². The van der Waals surface area contributed by atoms with Gasteiger partial charge in [-0.05, 0) is 58.3 Å². The zero-order valence-electron chi connectivity index (χ0n) is 18.5. The molecular formula is C21H40Cl2N2O5. The van der Waals surface area contributed by atoms with Gasteiger partial charge in [-0.2, -0.15) is 0 Å². The highest BCUT2D eigenvalue weighted by Gasteiger charge is 2.39. The van der Waals surface area contributed by atoms with Crippen LogP contribution < -0.4 is 0 Å². The minimum atomic E-state index is -0.0387. The monoisotopic (exact) mass is 470 g/mol. The van der Waals surface area contributed by atoms with Crippen LogP contribution in [0.15, 0.2) is 0 Å². The topological polar surface area (TPSA) is 60.5 Å². The van der Waals surface area contributed by atoms with E-state index in [1.807, 2.05) is 6.92 Å². The van der Waals surface area contributed by atoms with E-state index >= 15 is 0 Å². The van der Waals surface area contributed by atoms with Gasteiger partial charge in [0.15, 0.2) is 6.35 Å². The number of rotatable bonds is 10. The van der Waals surface area contributed by atoms with Gasteiger partial charge in [0, 0.05) is 26.7 Å². The summed E-state index contributed by atoms with van der Waals surface area (Å²) in [6.45, 7) is 6.76. The molecule has 0 aromatic rings. The summed E-state index contributed by atoms with van der Waals surface area (Å²) in [5.41, 5.74) is 0. The van der Waals surface area contributed by atoms with Crippen LogP contribution in [0.5, 0.6) is 0 Å². The third-order valence-corrected chi connectivity index (χ3v) is 6.18. The molecule has 7 nitrogen and oxygen atoms in total. The molecule has 3 rings (SSSR count). The molecule has 0 amide bonds. The van der Waals surface area contributed by atoms with Crippen molar-refractivity contribution in [2.24, 2.45) is 5.92 Å². The van der Waals surface area contributed by atoms with Crippen LogP contribution in [0, 0.1) is 5.92 Å². The molecule has 0 N–H and O–H groups in total. The molecule has 178 valence electrons. The summed E-state index contributed by atoms with van der Waals surface area (Å²) >= 11 is 0. The SMILES string of the molecule is CCOC(=O)[C@H]1CC[C@H](OC(N2CCCC2)N2CCC[C@@H]2OCCOC)CC1.Cl.Cl. The van der Waals surface area contributed by atoms with Crippen molar-refractivity contribution in [1.29, 1.82) is 0 Å². The van der Waals surface area contributed by atoms with Gasteiger partial charge in [-0.3, -0.25) is 9.69 Å². The van der Waals surface area contributed by atoms with Crippen LogP contribution in [0.2, 0.25) is 0 Å². The van der Waals surface area contributed by atoms with E-state index in [4.69, 9.17) is 18.9 Å². The molecule has 0 radical (unpaired) electrons. The number of methoxy groups -OCH3 is 1. The second-order valence-corrected chi connectivity index (χ2v) is 8.13. The van der Waals surface area contributed by atoms with E-state index in [1.165, 1.54) is 12.8 Å². The van der Waals surface area contributed by atoms with Gasteiger partial charge in [-0.25, -0.2) is 4.90 Å². The predicted molar refractivity (Wildman–Crippen MR) is 120 cm³/mol. The molecule has 0 bridgehead atoms. The van der Waals surface area contributed by atoms with Gasteiger partial charge < -0.3 is 18.9 Å². The molecule has 2 atom stereocenters. The number of hydrogen-bond acceptors (Lipinski definition) is 7. The van der Waals surface area contributed by atoms with Crippen molar-refractivity contribution >= 4 is 30.8 Å². The molecule has 2 saturated heterocycles. The molecule has 0 aromatic carbocycles. The number of hydrogen-bond donors (Lipinski definition) is 0. The number of carbonyl (C=O) groups is 1. The van der Waals surface area contributed by atoms with Crippen molar-refractivity contribution in [1.82, 2.24) is 9.80 Å². The van der Waals surface area contributed by atoms with Crippen molar-refractivity contribution in [3.63, 3.8) is 0 Å². The molecule has 0 spiro atoms. The summed E-state index contributed by atoms with van der Waals surface area (Å²) in [4.78, 5) is 16.9. The van der Waals surface area contributed by atoms with Gasteiger partial charge in [0.1, 0.15) is 6.23 Å². The summed E-state index contributed by atoms with van der Waals surface area (Å²) < 4.78 is 23.1. The number of esters is 1. The Hall–Kier alpha value is -0.150. The number of halogens is 2. The fraction of sp³-hybridized carbons (Fsp3) is 0.952.